The molecule has 0 aliphatic carbocycles. The molecule has 4 nitrogen and oxygen atoms in total. The summed E-state index contributed by atoms with van der Waals surface area (Å²) in [5, 5.41) is 0. The molecule has 1 aromatic heterocycles. The predicted molar refractivity (Wildman–Crippen MR) is 133 cm³/mol. The van der Waals surface area contributed by atoms with Gasteiger partial charge in [0.2, 0.25) is 0 Å². The van der Waals surface area contributed by atoms with Crippen LogP contribution in [0.5, 0.6) is 0 Å². The lowest BCUT2D eigenvalue weighted by Crippen LogP contribution is -2.21. The van der Waals surface area contributed by atoms with E-state index in [9.17, 15) is 4.79 Å². The van der Waals surface area contributed by atoms with E-state index in [1.807, 2.05) is 18.5 Å². The van der Waals surface area contributed by atoms with Gasteiger partial charge in [0.25, 0.3) is 5.56 Å². The highest BCUT2D eigenvalue weighted by Crippen LogP contribution is 2.17. The van der Waals surface area contributed by atoms with E-state index in [1.54, 1.807) is 17.7 Å². The first-order valence-electron chi connectivity index (χ1n) is 11.8. The molecule has 4 heteroatoms. The van der Waals surface area contributed by atoms with Crippen LogP contribution < -0.4 is 5.56 Å². The number of pyridine rings is 1. The van der Waals surface area contributed by atoms with Crippen molar-refractivity contribution in [3.05, 3.63) is 99.5 Å². The first-order chi connectivity index (χ1) is 15.7. The van der Waals surface area contributed by atoms with Gasteiger partial charge in [-0.25, -0.2) is 0 Å². The summed E-state index contributed by atoms with van der Waals surface area (Å²) in [5.41, 5.74) is 5.67. The van der Waals surface area contributed by atoms with Crippen LogP contribution in [-0.2, 0) is 19.3 Å². The molecule has 2 aromatic carbocycles. The molecule has 0 unspecified atom stereocenters. The molecule has 1 aliphatic heterocycles. The van der Waals surface area contributed by atoms with Crippen LogP contribution in [0, 0.1) is 0 Å². The Morgan fingerprint density at radius 2 is 1.69 bits per heavy atom. The molecule has 0 atom stereocenters. The van der Waals surface area contributed by atoms with Crippen LogP contribution in [0.1, 0.15) is 41.5 Å². The monoisotopic (exact) mass is 427 g/mol. The summed E-state index contributed by atoms with van der Waals surface area (Å²) in [5.74, 6) is 0. The van der Waals surface area contributed by atoms with Crippen LogP contribution in [0.25, 0.3) is 5.69 Å². The fraction of sp³-hybridized carbons (Fsp3) is 0.357. The van der Waals surface area contributed by atoms with Gasteiger partial charge in [-0.1, -0.05) is 36.4 Å². The molecule has 32 heavy (non-hydrogen) atoms. The normalized spacial score (nSPS) is 14.4. The average Bonchev–Trinajstić information content (AvgIpc) is 3.33. The second-order valence-electron chi connectivity index (χ2n) is 8.65. The quantitative estimate of drug-likeness (QED) is 0.464. The predicted octanol–water partition coefficient (Wildman–Crippen LogP) is 4.70. The van der Waals surface area contributed by atoms with E-state index in [-0.39, 0.29) is 5.56 Å². The second-order valence-corrected chi connectivity index (χ2v) is 8.65. The first-order valence-corrected chi connectivity index (χ1v) is 11.8. The lowest BCUT2D eigenvalue weighted by atomic mass is 10.0. The van der Waals surface area contributed by atoms with Gasteiger partial charge in [-0.2, -0.15) is 0 Å². The zero-order valence-corrected chi connectivity index (χ0v) is 19.0. The minimum absolute atomic E-state index is 0.0109. The van der Waals surface area contributed by atoms with Crippen molar-refractivity contribution in [2.24, 2.45) is 4.99 Å². The molecule has 0 spiro atoms. The third-order valence-electron chi connectivity index (χ3n) is 6.32. The molecule has 2 heterocycles. The van der Waals surface area contributed by atoms with Crippen molar-refractivity contribution < 1.29 is 0 Å². The van der Waals surface area contributed by atoms with Gasteiger partial charge in [-0.3, -0.25) is 14.4 Å². The molecule has 4 rings (SSSR count). The SMILES string of the molecule is CN=Cc1cc(-n2ccc(CCc3ccccc3)cc2=O)ccc1CCCN1CCCC1. The van der Waals surface area contributed by atoms with Crippen molar-refractivity contribution in [3.63, 3.8) is 0 Å². The van der Waals surface area contributed by atoms with E-state index in [1.165, 1.54) is 37.1 Å². The van der Waals surface area contributed by atoms with Crippen molar-refractivity contribution in [2.75, 3.05) is 26.7 Å². The summed E-state index contributed by atoms with van der Waals surface area (Å²) >= 11 is 0. The van der Waals surface area contributed by atoms with Gasteiger partial charge in [0.05, 0.1) is 0 Å². The van der Waals surface area contributed by atoms with E-state index in [2.05, 4.69) is 58.4 Å². The molecule has 0 radical (unpaired) electrons. The first kappa shape index (κ1) is 22.2. The molecule has 1 aliphatic rings. The van der Waals surface area contributed by atoms with Crippen LogP contribution in [-0.4, -0.2) is 42.4 Å². The van der Waals surface area contributed by atoms with Gasteiger partial charge in [0.15, 0.2) is 0 Å². The number of nitrogens with zero attached hydrogens (tertiary/aromatic N) is 3. The molecule has 0 bridgehead atoms. The van der Waals surface area contributed by atoms with Gasteiger partial charge in [-0.15, -0.1) is 0 Å². The minimum Gasteiger partial charge on any atom is -0.303 e. The number of aryl methyl sites for hydroxylation is 3. The van der Waals surface area contributed by atoms with E-state index in [0.29, 0.717) is 0 Å². The Bertz CT molecular complexity index is 1100. The zero-order valence-electron chi connectivity index (χ0n) is 19.0. The van der Waals surface area contributed by atoms with Crippen LogP contribution in [0.2, 0.25) is 0 Å². The lowest BCUT2D eigenvalue weighted by Gasteiger charge is -2.15. The fourth-order valence-electron chi connectivity index (χ4n) is 4.54. The van der Waals surface area contributed by atoms with E-state index >= 15 is 0 Å². The number of benzene rings is 2. The van der Waals surface area contributed by atoms with Crippen LogP contribution >= 0.6 is 0 Å². The number of hydrogen-bond donors (Lipinski definition) is 0. The molecule has 1 saturated heterocycles. The topological polar surface area (TPSA) is 37.6 Å². The van der Waals surface area contributed by atoms with Crippen molar-refractivity contribution in [3.8, 4) is 5.69 Å². The van der Waals surface area contributed by atoms with Gasteiger partial charge in [0, 0.05) is 31.2 Å². The summed E-state index contributed by atoms with van der Waals surface area (Å²) in [4.78, 5) is 19.7. The summed E-state index contributed by atoms with van der Waals surface area (Å²) in [6.45, 7) is 3.65. The number of hydrogen-bond acceptors (Lipinski definition) is 3. The van der Waals surface area contributed by atoms with Gasteiger partial charge in [-0.05, 0) is 98.6 Å². The van der Waals surface area contributed by atoms with Crippen LogP contribution in [0.4, 0.5) is 0 Å². The molecular formula is C28H33N3O. The summed E-state index contributed by atoms with van der Waals surface area (Å²) < 4.78 is 1.73. The fourth-order valence-corrected chi connectivity index (χ4v) is 4.54. The molecule has 3 aromatic rings. The largest absolute Gasteiger partial charge is 0.303 e. The van der Waals surface area contributed by atoms with Crippen molar-refractivity contribution in [2.45, 2.75) is 38.5 Å². The Kier molecular flexibility index (Phi) is 7.68. The average molecular weight is 428 g/mol. The van der Waals surface area contributed by atoms with Crippen molar-refractivity contribution in [1.82, 2.24) is 9.47 Å². The minimum atomic E-state index is 0.0109. The van der Waals surface area contributed by atoms with Gasteiger partial charge >= 0.3 is 0 Å². The molecular weight excluding hydrogens is 394 g/mol. The number of aromatic nitrogens is 1. The third-order valence-corrected chi connectivity index (χ3v) is 6.32. The second kappa shape index (κ2) is 11.1. The van der Waals surface area contributed by atoms with Crippen molar-refractivity contribution in [1.29, 1.82) is 0 Å². The summed E-state index contributed by atoms with van der Waals surface area (Å²) in [7, 11) is 1.80. The Morgan fingerprint density at radius 1 is 0.906 bits per heavy atom. The Morgan fingerprint density at radius 3 is 2.44 bits per heavy atom. The van der Waals surface area contributed by atoms with Crippen LogP contribution in [0.3, 0.4) is 0 Å². The maximum Gasteiger partial charge on any atom is 0.255 e. The number of likely N-dealkylation sites (tertiary alicyclic amines) is 1. The summed E-state index contributed by atoms with van der Waals surface area (Å²) in [6, 6.07) is 20.5. The maximum atomic E-state index is 12.8. The van der Waals surface area contributed by atoms with Gasteiger partial charge < -0.3 is 4.90 Å². The molecule has 0 amide bonds. The smallest absolute Gasteiger partial charge is 0.255 e. The maximum absolute atomic E-state index is 12.8. The van der Waals surface area contributed by atoms with Crippen molar-refractivity contribution >= 4 is 6.21 Å². The Balaban J connectivity index is 1.45. The van der Waals surface area contributed by atoms with Gasteiger partial charge in [0.1, 0.15) is 0 Å². The lowest BCUT2D eigenvalue weighted by molar-refractivity contribution is 0.334. The van der Waals surface area contributed by atoms with E-state index in [4.69, 9.17) is 0 Å². The molecule has 1 fully saturated rings. The molecule has 0 saturated carbocycles. The van der Waals surface area contributed by atoms with E-state index in [0.717, 1.165) is 49.0 Å². The van der Waals surface area contributed by atoms with E-state index < -0.39 is 0 Å². The molecule has 0 N–H and O–H groups in total. The summed E-state index contributed by atoms with van der Waals surface area (Å²) in [6.07, 6.45) is 10.5. The highest BCUT2D eigenvalue weighted by molar-refractivity contribution is 5.82. The highest BCUT2D eigenvalue weighted by Gasteiger charge is 2.11. The molecule has 166 valence electrons. The Labute approximate surface area is 191 Å². The third kappa shape index (κ3) is 5.83. The standard InChI is InChI=1S/C28H33N3O/c1-29-22-26-21-27(14-13-25(26)10-7-18-30-16-5-6-17-30)31-19-15-24(20-28(31)32)12-11-23-8-3-2-4-9-23/h2-4,8-9,13-15,19-22H,5-7,10-12,16-18H2,1H3. The highest BCUT2D eigenvalue weighted by atomic mass is 16.1. The number of aliphatic imine (C=N–C) groups is 1. The van der Waals surface area contributed by atoms with Crippen LogP contribution in [0.15, 0.2) is 76.6 Å². The number of rotatable bonds is 9. The Hall–Kier alpha value is -2.98. The zero-order chi connectivity index (χ0) is 22.2.